The minimum Gasteiger partial charge on any atom is -0.396 e. The molecule has 0 fully saturated rings. The fraction of sp³-hybridized carbons (Fsp3) is 0.214. The monoisotopic (exact) mass is 305 g/mol. The predicted octanol–water partition coefficient (Wildman–Crippen LogP) is 3.81. The fourth-order valence-electron chi connectivity index (χ4n) is 2.07. The van der Waals surface area contributed by atoms with Gasteiger partial charge in [0.2, 0.25) is 0 Å². The Morgan fingerprint density at radius 1 is 1.11 bits per heavy atom. The van der Waals surface area contributed by atoms with E-state index in [-0.39, 0.29) is 0 Å². The van der Waals surface area contributed by atoms with Crippen molar-refractivity contribution < 1.29 is 0 Å². The predicted molar refractivity (Wildman–Crippen MR) is 80.3 cm³/mol. The van der Waals surface area contributed by atoms with Crippen LogP contribution in [0.2, 0.25) is 0 Å². The number of aromatic nitrogens is 1. The molecule has 0 aliphatic heterocycles. The van der Waals surface area contributed by atoms with Crippen molar-refractivity contribution in [3.05, 3.63) is 46.2 Å². The van der Waals surface area contributed by atoms with Crippen LogP contribution in [0.4, 0.5) is 17.1 Å². The fourth-order valence-corrected chi connectivity index (χ4v) is 2.68. The summed E-state index contributed by atoms with van der Waals surface area (Å²) >= 11 is 3.50. The minimum atomic E-state index is 0.658. The van der Waals surface area contributed by atoms with E-state index in [1.807, 2.05) is 7.05 Å². The van der Waals surface area contributed by atoms with E-state index in [1.165, 1.54) is 11.1 Å². The van der Waals surface area contributed by atoms with Crippen LogP contribution in [-0.4, -0.2) is 12.0 Å². The lowest BCUT2D eigenvalue weighted by Crippen LogP contribution is -2.13. The Morgan fingerprint density at radius 3 is 2.28 bits per heavy atom. The van der Waals surface area contributed by atoms with E-state index in [0.29, 0.717) is 5.69 Å². The Bertz CT molecular complexity index is 541. The van der Waals surface area contributed by atoms with Crippen LogP contribution in [-0.2, 0) is 0 Å². The number of aryl methyl sites for hydroxylation is 2. The third-order valence-electron chi connectivity index (χ3n) is 2.83. The summed E-state index contributed by atoms with van der Waals surface area (Å²) in [7, 11) is 2.00. The average molecular weight is 306 g/mol. The molecule has 0 bridgehead atoms. The van der Waals surface area contributed by atoms with Crippen molar-refractivity contribution in [2.45, 2.75) is 13.8 Å². The van der Waals surface area contributed by atoms with Gasteiger partial charge in [0.1, 0.15) is 0 Å². The van der Waals surface area contributed by atoms with Gasteiger partial charge in [-0.25, -0.2) is 0 Å². The average Bonchev–Trinajstić information content (AvgIpc) is 2.27. The highest BCUT2D eigenvalue weighted by atomic mass is 79.9. The zero-order valence-electron chi connectivity index (χ0n) is 10.7. The summed E-state index contributed by atoms with van der Waals surface area (Å²) in [4.78, 5) is 6.13. The summed E-state index contributed by atoms with van der Waals surface area (Å²) < 4.78 is 0.893. The number of pyridine rings is 1. The second-order valence-electron chi connectivity index (χ2n) is 4.46. The quantitative estimate of drug-likeness (QED) is 0.917. The summed E-state index contributed by atoms with van der Waals surface area (Å²) in [5, 5.41) is 0. The zero-order chi connectivity index (χ0) is 13.3. The topological polar surface area (TPSA) is 42.1 Å². The molecule has 0 atom stereocenters. The van der Waals surface area contributed by atoms with Gasteiger partial charge in [0.15, 0.2) is 0 Å². The highest BCUT2D eigenvalue weighted by Gasteiger charge is 2.12. The Morgan fingerprint density at radius 2 is 1.72 bits per heavy atom. The van der Waals surface area contributed by atoms with Crippen molar-refractivity contribution in [1.82, 2.24) is 4.98 Å². The highest BCUT2D eigenvalue weighted by Crippen LogP contribution is 2.35. The summed E-state index contributed by atoms with van der Waals surface area (Å²) in [6, 6.07) is 6.43. The number of anilines is 3. The minimum absolute atomic E-state index is 0.658. The van der Waals surface area contributed by atoms with E-state index in [2.05, 4.69) is 57.9 Å². The number of nitrogens with zero attached hydrogens (tertiary/aromatic N) is 2. The number of nitrogen functional groups attached to an aromatic ring is 1. The maximum absolute atomic E-state index is 6.00. The van der Waals surface area contributed by atoms with Gasteiger partial charge in [0, 0.05) is 18.9 Å². The van der Waals surface area contributed by atoms with E-state index < -0.39 is 0 Å². The van der Waals surface area contributed by atoms with E-state index in [9.17, 15) is 0 Å². The van der Waals surface area contributed by atoms with Gasteiger partial charge in [0.25, 0.3) is 0 Å². The molecule has 2 rings (SSSR count). The first-order valence-electron chi connectivity index (χ1n) is 5.70. The molecular weight excluding hydrogens is 290 g/mol. The van der Waals surface area contributed by atoms with Gasteiger partial charge < -0.3 is 10.6 Å². The first kappa shape index (κ1) is 12.9. The summed E-state index contributed by atoms with van der Waals surface area (Å²) in [5.41, 5.74) is 11.2. The molecule has 18 heavy (non-hydrogen) atoms. The number of hydrogen-bond acceptors (Lipinski definition) is 3. The standard InChI is InChI=1S/C14H16BrN3/c1-9-4-10(2)6-11(5-9)18(3)14-12(15)7-17-8-13(14)16/h4-8H,16H2,1-3H3. The van der Waals surface area contributed by atoms with Gasteiger partial charge in [-0.15, -0.1) is 0 Å². The Labute approximate surface area is 116 Å². The van der Waals surface area contributed by atoms with Crippen molar-refractivity contribution in [1.29, 1.82) is 0 Å². The smallest absolute Gasteiger partial charge is 0.0817 e. The van der Waals surface area contributed by atoms with Crippen LogP contribution in [0.3, 0.4) is 0 Å². The van der Waals surface area contributed by atoms with Gasteiger partial charge in [-0.1, -0.05) is 6.07 Å². The van der Waals surface area contributed by atoms with Crippen molar-refractivity contribution in [2.75, 3.05) is 17.7 Å². The SMILES string of the molecule is Cc1cc(C)cc(N(C)c2c(N)cncc2Br)c1. The maximum atomic E-state index is 6.00. The molecular formula is C14H16BrN3. The molecule has 3 nitrogen and oxygen atoms in total. The molecule has 2 N–H and O–H groups in total. The molecule has 1 aromatic heterocycles. The molecule has 1 aromatic carbocycles. The number of nitrogens with two attached hydrogens (primary N) is 1. The van der Waals surface area contributed by atoms with Crippen molar-refractivity contribution in [3.63, 3.8) is 0 Å². The molecule has 0 unspecified atom stereocenters. The normalized spacial score (nSPS) is 10.4. The number of rotatable bonds is 2. The van der Waals surface area contributed by atoms with E-state index in [1.54, 1.807) is 12.4 Å². The van der Waals surface area contributed by atoms with Crippen LogP contribution in [0.1, 0.15) is 11.1 Å². The van der Waals surface area contributed by atoms with E-state index in [0.717, 1.165) is 15.8 Å². The lowest BCUT2D eigenvalue weighted by molar-refractivity contribution is 1.17. The largest absolute Gasteiger partial charge is 0.396 e. The second-order valence-corrected chi connectivity index (χ2v) is 5.32. The third-order valence-corrected chi connectivity index (χ3v) is 3.41. The van der Waals surface area contributed by atoms with E-state index in [4.69, 9.17) is 5.73 Å². The van der Waals surface area contributed by atoms with Gasteiger partial charge in [-0.05, 0) is 53.0 Å². The number of hydrogen-bond donors (Lipinski definition) is 1. The lowest BCUT2D eigenvalue weighted by atomic mass is 10.1. The summed E-state index contributed by atoms with van der Waals surface area (Å²) in [6.07, 6.45) is 3.42. The third kappa shape index (κ3) is 2.48. The first-order chi connectivity index (χ1) is 8.49. The zero-order valence-corrected chi connectivity index (χ0v) is 12.3. The molecule has 1 heterocycles. The summed E-state index contributed by atoms with van der Waals surface area (Å²) in [6.45, 7) is 4.19. The second kappa shape index (κ2) is 4.98. The van der Waals surface area contributed by atoms with Crippen LogP contribution in [0, 0.1) is 13.8 Å². The Kier molecular flexibility index (Phi) is 3.57. The van der Waals surface area contributed by atoms with Gasteiger partial charge in [0.05, 0.1) is 22.0 Å². The molecule has 0 aliphatic rings. The van der Waals surface area contributed by atoms with E-state index >= 15 is 0 Å². The number of benzene rings is 1. The van der Waals surface area contributed by atoms with Crippen molar-refractivity contribution >= 4 is 33.0 Å². The van der Waals surface area contributed by atoms with Gasteiger partial charge in [-0.3, -0.25) is 4.98 Å². The highest BCUT2D eigenvalue weighted by molar-refractivity contribution is 9.10. The molecule has 0 spiro atoms. The van der Waals surface area contributed by atoms with Crippen LogP contribution in [0.25, 0.3) is 0 Å². The lowest BCUT2D eigenvalue weighted by Gasteiger charge is -2.23. The molecule has 0 saturated carbocycles. The van der Waals surface area contributed by atoms with Gasteiger partial charge in [-0.2, -0.15) is 0 Å². The molecule has 0 amide bonds. The Balaban J connectivity index is 2.51. The van der Waals surface area contributed by atoms with Gasteiger partial charge >= 0.3 is 0 Å². The Hall–Kier alpha value is -1.55. The van der Waals surface area contributed by atoms with Crippen LogP contribution in [0.5, 0.6) is 0 Å². The molecule has 4 heteroatoms. The molecule has 0 saturated heterocycles. The first-order valence-corrected chi connectivity index (χ1v) is 6.49. The van der Waals surface area contributed by atoms with Crippen molar-refractivity contribution in [3.8, 4) is 0 Å². The maximum Gasteiger partial charge on any atom is 0.0817 e. The van der Waals surface area contributed by atoms with Crippen LogP contribution >= 0.6 is 15.9 Å². The molecule has 2 aromatic rings. The molecule has 94 valence electrons. The van der Waals surface area contributed by atoms with Crippen molar-refractivity contribution in [2.24, 2.45) is 0 Å². The van der Waals surface area contributed by atoms with Crippen LogP contribution < -0.4 is 10.6 Å². The molecule has 0 aliphatic carbocycles. The number of halogens is 1. The van der Waals surface area contributed by atoms with Crippen LogP contribution in [0.15, 0.2) is 35.1 Å². The summed E-state index contributed by atoms with van der Waals surface area (Å²) in [5.74, 6) is 0. The molecule has 0 radical (unpaired) electrons.